The van der Waals surface area contributed by atoms with Crippen LogP contribution in [0.15, 0.2) is 27.7 Å². The van der Waals surface area contributed by atoms with E-state index < -0.39 is 0 Å². The van der Waals surface area contributed by atoms with Gasteiger partial charge in [-0.3, -0.25) is 4.79 Å². The molecule has 0 fully saturated rings. The summed E-state index contributed by atoms with van der Waals surface area (Å²) in [5.74, 6) is -0.146. The van der Waals surface area contributed by atoms with Gasteiger partial charge in [0.1, 0.15) is 6.54 Å². The summed E-state index contributed by atoms with van der Waals surface area (Å²) in [7, 11) is 0. The topological polar surface area (TPSA) is 59.8 Å². The number of rotatable bonds is 3. The van der Waals surface area contributed by atoms with E-state index in [1.165, 1.54) is 4.68 Å². The van der Waals surface area contributed by atoms with Crippen LogP contribution in [0.25, 0.3) is 0 Å². The monoisotopic (exact) mass is 386 g/mol. The SMILES string of the molecule is Cc1cccc(NC(=O)Cn2nc(Br)nc2Br)c1C. The average molecular weight is 388 g/mol. The first kappa shape index (κ1) is 14.2. The van der Waals surface area contributed by atoms with Crippen LogP contribution in [0, 0.1) is 13.8 Å². The number of aromatic nitrogens is 3. The van der Waals surface area contributed by atoms with Crippen molar-refractivity contribution in [1.82, 2.24) is 14.8 Å². The second kappa shape index (κ2) is 5.83. The molecule has 0 unspecified atom stereocenters. The molecule has 0 aliphatic rings. The molecule has 1 aromatic heterocycles. The number of benzene rings is 1. The molecule has 19 heavy (non-hydrogen) atoms. The first-order chi connectivity index (χ1) is 8.97. The minimum Gasteiger partial charge on any atom is -0.324 e. The van der Waals surface area contributed by atoms with Crippen LogP contribution in [0.1, 0.15) is 11.1 Å². The molecule has 7 heteroatoms. The van der Waals surface area contributed by atoms with Crippen LogP contribution in [0.5, 0.6) is 0 Å². The highest BCUT2D eigenvalue weighted by Gasteiger charge is 2.11. The van der Waals surface area contributed by atoms with Gasteiger partial charge in [0, 0.05) is 5.69 Å². The minimum atomic E-state index is -0.146. The van der Waals surface area contributed by atoms with Gasteiger partial charge in [-0.05, 0) is 62.9 Å². The maximum absolute atomic E-state index is 12.0. The van der Waals surface area contributed by atoms with E-state index in [1.54, 1.807) is 0 Å². The number of nitrogens with zero attached hydrogens (tertiary/aromatic N) is 3. The van der Waals surface area contributed by atoms with Gasteiger partial charge >= 0.3 is 0 Å². The smallest absolute Gasteiger partial charge is 0.246 e. The van der Waals surface area contributed by atoms with Crippen molar-refractivity contribution in [3.8, 4) is 0 Å². The van der Waals surface area contributed by atoms with Gasteiger partial charge in [0.05, 0.1) is 0 Å². The molecule has 1 heterocycles. The van der Waals surface area contributed by atoms with E-state index >= 15 is 0 Å². The maximum Gasteiger partial charge on any atom is 0.246 e. The molecule has 0 aliphatic heterocycles. The van der Waals surface area contributed by atoms with E-state index in [4.69, 9.17) is 0 Å². The molecule has 0 atom stereocenters. The van der Waals surface area contributed by atoms with Gasteiger partial charge in [-0.25, -0.2) is 4.68 Å². The molecule has 1 amide bonds. The fourth-order valence-electron chi connectivity index (χ4n) is 1.61. The van der Waals surface area contributed by atoms with E-state index in [9.17, 15) is 4.79 Å². The van der Waals surface area contributed by atoms with Crippen molar-refractivity contribution >= 4 is 43.5 Å². The number of hydrogen-bond acceptors (Lipinski definition) is 3. The Kier molecular flexibility index (Phi) is 4.36. The molecular formula is C12H12Br2N4O. The number of halogens is 2. The number of hydrogen-bond donors (Lipinski definition) is 1. The Morgan fingerprint density at radius 3 is 2.74 bits per heavy atom. The maximum atomic E-state index is 12.0. The van der Waals surface area contributed by atoms with E-state index in [0.29, 0.717) is 9.47 Å². The highest BCUT2D eigenvalue weighted by atomic mass is 79.9. The lowest BCUT2D eigenvalue weighted by Crippen LogP contribution is -2.20. The lowest BCUT2D eigenvalue weighted by atomic mass is 10.1. The molecule has 0 saturated carbocycles. The molecule has 0 bridgehead atoms. The summed E-state index contributed by atoms with van der Waals surface area (Å²) in [6.45, 7) is 4.09. The molecule has 100 valence electrons. The molecule has 5 nitrogen and oxygen atoms in total. The zero-order valence-corrected chi connectivity index (χ0v) is 13.6. The predicted molar refractivity (Wildman–Crippen MR) is 80.0 cm³/mol. The van der Waals surface area contributed by atoms with Crippen molar-refractivity contribution in [2.75, 3.05) is 5.32 Å². The molecule has 0 spiro atoms. The van der Waals surface area contributed by atoms with Gasteiger partial charge in [-0.15, -0.1) is 5.10 Å². The Bertz CT molecular complexity index is 624. The Morgan fingerprint density at radius 2 is 2.11 bits per heavy atom. The zero-order valence-electron chi connectivity index (χ0n) is 10.4. The second-order valence-electron chi connectivity index (χ2n) is 4.10. The average Bonchev–Trinajstić information content (AvgIpc) is 2.64. The Labute approximate surface area is 127 Å². The van der Waals surface area contributed by atoms with Gasteiger partial charge in [0.15, 0.2) is 4.73 Å². The number of anilines is 1. The van der Waals surface area contributed by atoms with Gasteiger partial charge in [-0.2, -0.15) is 4.98 Å². The van der Waals surface area contributed by atoms with Crippen LogP contribution in [-0.2, 0) is 11.3 Å². The molecule has 1 N–H and O–H groups in total. The summed E-state index contributed by atoms with van der Waals surface area (Å²) < 4.78 is 2.43. The molecule has 1 aromatic carbocycles. The molecular weight excluding hydrogens is 376 g/mol. The third-order valence-electron chi connectivity index (χ3n) is 2.77. The van der Waals surface area contributed by atoms with Gasteiger partial charge in [-0.1, -0.05) is 12.1 Å². The van der Waals surface area contributed by atoms with Crippen molar-refractivity contribution in [1.29, 1.82) is 0 Å². The largest absolute Gasteiger partial charge is 0.324 e. The molecule has 2 aromatic rings. The fourth-order valence-corrected chi connectivity index (χ4v) is 2.58. The number of amides is 1. The number of carbonyl (C=O) groups excluding carboxylic acids is 1. The molecule has 0 radical (unpaired) electrons. The summed E-state index contributed by atoms with van der Waals surface area (Å²) >= 11 is 6.39. The third kappa shape index (κ3) is 3.42. The normalized spacial score (nSPS) is 10.5. The van der Waals surface area contributed by atoms with Crippen LogP contribution in [-0.4, -0.2) is 20.7 Å². The predicted octanol–water partition coefficient (Wildman–Crippen LogP) is 3.06. The summed E-state index contributed by atoms with van der Waals surface area (Å²) in [4.78, 5) is 16.0. The van der Waals surface area contributed by atoms with E-state index in [0.717, 1.165) is 16.8 Å². The van der Waals surface area contributed by atoms with Crippen molar-refractivity contribution in [2.45, 2.75) is 20.4 Å². The van der Waals surface area contributed by atoms with Crippen molar-refractivity contribution in [2.24, 2.45) is 0 Å². The lowest BCUT2D eigenvalue weighted by molar-refractivity contribution is -0.116. The lowest BCUT2D eigenvalue weighted by Gasteiger charge is -2.10. The van der Waals surface area contributed by atoms with E-state index in [-0.39, 0.29) is 12.5 Å². The fraction of sp³-hybridized carbons (Fsp3) is 0.250. The Balaban J connectivity index is 2.10. The minimum absolute atomic E-state index is 0.104. The second-order valence-corrected chi connectivity index (χ2v) is 5.52. The zero-order chi connectivity index (χ0) is 14.0. The van der Waals surface area contributed by atoms with Gasteiger partial charge in [0.25, 0.3) is 0 Å². The van der Waals surface area contributed by atoms with Gasteiger partial charge < -0.3 is 5.32 Å². The number of nitrogens with one attached hydrogen (secondary N) is 1. The molecule has 2 rings (SSSR count). The first-order valence-corrected chi connectivity index (χ1v) is 7.18. The Hall–Kier alpha value is -1.21. The third-order valence-corrected chi connectivity index (χ3v) is 3.70. The van der Waals surface area contributed by atoms with Crippen molar-refractivity contribution < 1.29 is 4.79 Å². The summed E-state index contributed by atoms with van der Waals surface area (Å²) in [5, 5.41) is 6.92. The van der Waals surface area contributed by atoms with Crippen LogP contribution >= 0.6 is 31.9 Å². The first-order valence-electron chi connectivity index (χ1n) is 5.59. The van der Waals surface area contributed by atoms with Crippen molar-refractivity contribution in [3.05, 3.63) is 38.8 Å². The van der Waals surface area contributed by atoms with Crippen LogP contribution in [0.3, 0.4) is 0 Å². The summed E-state index contributed by atoms with van der Waals surface area (Å²) in [5.41, 5.74) is 3.03. The Morgan fingerprint density at radius 1 is 1.37 bits per heavy atom. The van der Waals surface area contributed by atoms with E-state index in [1.807, 2.05) is 32.0 Å². The number of aryl methyl sites for hydroxylation is 1. The van der Waals surface area contributed by atoms with Crippen molar-refractivity contribution in [3.63, 3.8) is 0 Å². The number of carbonyl (C=O) groups is 1. The quantitative estimate of drug-likeness (QED) is 0.880. The summed E-state index contributed by atoms with van der Waals surface area (Å²) in [6.07, 6.45) is 0. The van der Waals surface area contributed by atoms with Gasteiger partial charge in [0.2, 0.25) is 10.6 Å². The van der Waals surface area contributed by atoms with Crippen LogP contribution in [0.4, 0.5) is 5.69 Å². The van der Waals surface area contributed by atoms with Crippen LogP contribution in [0.2, 0.25) is 0 Å². The summed E-state index contributed by atoms with van der Waals surface area (Å²) in [6, 6.07) is 5.81. The highest BCUT2D eigenvalue weighted by molar-refractivity contribution is 9.11. The van der Waals surface area contributed by atoms with E-state index in [2.05, 4.69) is 47.3 Å². The standard InChI is InChI=1S/C12H12Br2N4O/c1-7-4-3-5-9(8(7)2)15-10(19)6-18-12(14)16-11(13)17-18/h3-5H,6H2,1-2H3,(H,15,19). The molecule has 0 saturated heterocycles. The highest BCUT2D eigenvalue weighted by Crippen LogP contribution is 2.18. The molecule has 0 aliphatic carbocycles. The van der Waals surface area contributed by atoms with Crippen LogP contribution < -0.4 is 5.32 Å².